The zero-order valence-corrected chi connectivity index (χ0v) is 8.25. The first kappa shape index (κ1) is 8.42. The summed E-state index contributed by atoms with van der Waals surface area (Å²) in [6, 6.07) is 8.09. The molecule has 2 nitrogen and oxygen atoms in total. The Morgan fingerprint density at radius 3 is 2.15 bits per heavy atom. The van der Waals surface area contributed by atoms with Crippen LogP contribution in [0.4, 0.5) is 11.4 Å². The standard InChI is InChI=1S/C11H16N2/c1-11(2)7-13(8-11)10-5-3-9(12)4-6-10/h3-6H,7-8,12H2,1-2H3. The lowest BCUT2D eigenvalue weighted by Crippen LogP contribution is -2.53. The minimum atomic E-state index is 0.487. The average molecular weight is 176 g/mol. The van der Waals surface area contributed by atoms with Gasteiger partial charge in [0.1, 0.15) is 0 Å². The monoisotopic (exact) mass is 176 g/mol. The van der Waals surface area contributed by atoms with Crippen molar-refractivity contribution in [3.63, 3.8) is 0 Å². The van der Waals surface area contributed by atoms with E-state index in [1.165, 1.54) is 5.69 Å². The molecule has 1 saturated heterocycles. The van der Waals surface area contributed by atoms with Gasteiger partial charge in [-0.2, -0.15) is 0 Å². The van der Waals surface area contributed by atoms with Gasteiger partial charge in [-0.05, 0) is 29.7 Å². The molecule has 2 rings (SSSR count). The third kappa shape index (κ3) is 1.62. The molecule has 0 spiro atoms. The highest BCUT2D eigenvalue weighted by Gasteiger charge is 2.33. The molecule has 1 heterocycles. The highest BCUT2D eigenvalue weighted by atomic mass is 15.2. The quantitative estimate of drug-likeness (QED) is 0.664. The van der Waals surface area contributed by atoms with Gasteiger partial charge in [0.15, 0.2) is 0 Å². The number of hydrogen-bond acceptors (Lipinski definition) is 2. The maximum absolute atomic E-state index is 5.62. The number of hydrogen-bond donors (Lipinski definition) is 1. The summed E-state index contributed by atoms with van der Waals surface area (Å²) in [7, 11) is 0. The molecule has 2 N–H and O–H groups in total. The lowest BCUT2D eigenvalue weighted by molar-refractivity contribution is 0.276. The van der Waals surface area contributed by atoms with Gasteiger partial charge in [0.05, 0.1) is 0 Å². The maximum Gasteiger partial charge on any atom is 0.0368 e. The van der Waals surface area contributed by atoms with Gasteiger partial charge in [-0.1, -0.05) is 13.8 Å². The minimum absolute atomic E-state index is 0.487. The van der Waals surface area contributed by atoms with E-state index in [4.69, 9.17) is 5.73 Å². The van der Waals surface area contributed by atoms with E-state index in [0.717, 1.165) is 18.8 Å². The Bertz CT molecular complexity index is 292. The lowest BCUT2D eigenvalue weighted by atomic mass is 9.84. The summed E-state index contributed by atoms with van der Waals surface area (Å²) in [5.41, 5.74) is 8.23. The molecule has 0 saturated carbocycles. The Balaban J connectivity index is 2.08. The van der Waals surface area contributed by atoms with E-state index in [0.29, 0.717) is 5.41 Å². The van der Waals surface area contributed by atoms with Crippen molar-refractivity contribution in [2.75, 3.05) is 23.7 Å². The number of anilines is 2. The fourth-order valence-electron chi connectivity index (χ4n) is 1.85. The molecule has 1 aromatic rings. The van der Waals surface area contributed by atoms with Crippen LogP contribution in [0.15, 0.2) is 24.3 Å². The highest BCUT2D eigenvalue weighted by Crippen LogP contribution is 2.33. The molecule has 0 atom stereocenters. The first-order valence-corrected chi connectivity index (χ1v) is 4.67. The van der Waals surface area contributed by atoms with Crippen LogP contribution in [0.2, 0.25) is 0 Å². The molecule has 13 heavy (non-hydrogen) atoms. The molecule has 1 aliphatic heterocycles. The average Bonchev–Trinajstić information content (AvgIpc) is 2.01. The highest BCUT2D eigenvalue weighted by molar-refractivity contribution is 5.54. The van der Waals surface area contributed by atoms with Crippen LogP contribution in [0, 0.1) is 5.41 Å². The zero-order valence-electron chi connectivity index (χ0n) is 8.25. The van der Waals surface area contributed by atoms with Crippen molar-refractivity contribution in [2.24, 2.45) is 5.41 Å². The van der Waals surface area contributed by atoms with Crippen molar-refractivity contribution in [3.8, 4) is 0 Å². The van der Waals surface area contributed by atoms with E-state index in [1.807, 2.05) is 12.1 Å². The fraction of sp³-hybridized carbons (Fsp3) is 0.455. The van der Waals surface area contributed by atoms with Crippen LogP contribution in [0.5, 0.6) is 0 Å². The molecular formula is C11H16N2. The Kier molecular flexibility index (Phi) is 1.72. The van der Waals surface area contributed by atoms with Gasteiger partial charge < -0.3 is 10.6 Å². The van der Waals surface area contributed by atoms with Gasteiger partial charge in [0.2, 0.25) is 0 Å². The van der Waals surface area contributed by atoms with Gasteiger partial charge in [0, 0.05) is 24.5 Å². The molecule has 0 aromatic heterocycles. The lowest BCUT2D eigenvalue weighted by Gasteiger charge is -2.47. The number of benzene rings is 1. The molecule has 0 unspecified atom stereocenters. The fourth-order valence-corrected chi connectivity index (χ4v) is 1.85. The van der Waals surface area contributed by atoms with Gasteiger partial charge >= 0.3 is 0 Å². The predicted octanol–water partition coefficient (Wildman–Crippen LogP) is 2.12. The molecule has 0 radical (unpaired) electrons. The van der Waals surface area contributed by atoms with Crippen molar-refractivity contribution in [1.82, 2.24) is 0 Å². The predicted molar refractivity (Wildman–Crippen MR) is 56.8 cm³/mol. The van der Waals surface area contributed by atoms with E-state index < -0.39 is 0 Å². The summed E-state index contributed by atoms with van der Waals surface area (Å²) in [6.07, 6.45) is 0. The largest absolute Gasteiger partial charge is 0.399 e. The van der Waals surface area contributed by atoms with E-state index in [1.54, 1.807) is 0 Å². The van der Waals surface area contributed by atoms with Crippen molar-refractivity contribution in [2.45, 2.75) is 13.8 Å². The normalized spacial score (nSPS) is 19.7. The van der Waals surface area contributed by atoms with Crippen LogP contribution < -0.4 is 10.6 Å². The molecular weight excluding hydrogens is 160 g/mol. The number of nitrogens with two attached hydrogens (primary N) is 1. The van der Waals surface area contributed by atoms with Crippen molar-refractivity contribution < 1.29 is 0 Å². The SMILES string of the molecule is CC1(C)CN(c2ccc(N)cc2)C1. The zero-order chi connectivity index (χ0) is 9.47. The van der Waals surface area contributed by atoms with Crippen LogP contribution in [-0.2, 0) is 0 Å². The molecule has 1 aromatic carbocycles. The first-order chi connectivity index (χ1) is 6.07. The van der Waals surface area contributed by atoms with Crippen LogP contribution in [0.1, 0.15) is 13.8 Å². The van der Waals surface area contributed by atoms with E-state index >= 15 is 0 Å². The smallest absolute Gasteiger partial charge is 0.0368 e. The maximum atomic E-state index is 5.62. The van der Waals surface area contributed by atoms with Gasteiger partial charge in [-0.3, -0.25) is 0 Å². The number of nitrogens with zero attached hydrogens (tertiary/aromatic N) is 1. The van der Waals surface area contributed by atoms with Crippen LogP contribution in [0.3, 0.4) is 0 Å². The minimum Gasteiger partial charge on any atom is -0.399 e. The van der Waals surface area contributed by atoms with E-state index in [-0.39, 0.29) is 0 Å². The van der Waals surface area contributed by atoms with E-state index in [2.05, 4.69) is 30.9 Å². The summed E-state index contributed by atoms with van der Waals surface area (Å²) in [6.45, 7) is 6.88. The second-order valence-corrected chi connectivity index (χ2v) is 4.61. The number of rotatable bonds is 1. The summed E-state index contributed by atoms with van der Waals surface area (Å²) >= 11 is 0. The Hall–Kier alpha value is -1.18. The molecule has 0 bridgehead atoms. The third-order valence-corrected chi connectivity index (χ3v) is 2.50. The van der Waals surface area contributed by atoms with Gasteiger partial charge in [-0.15, -0.1) is 0 Å². The summed E-state index contributed by atoms with van der Waals surface area (Å²) in [5.74, 6) is 0. The summed E-state index contributed by atoms with van der Waals surface area (Å²) < 4.78 is 0. The van der Waals surface area contributed by atoms with Crippen LogP contribution in [0.25, 0.3) is 0 Å². The van der Waals surface area contributed by atoms with E-state index in [9.17, 15) is 0 Å². The van der Waals surface area contributed by atoms with Crippen molar-refractivity contribution >= 4 is 11.4 Å². The Labute approximate surface area is 79.4 Å². The van der Waals surface area contributed by atoms with Gasteiger partial charge in [-0.25, -0.2) is 0 Å². The topological polar surface area (TPSA) is 29.3 Å². The third-order valence-electron chi connectivity index (χ3n) is 2.50. The molecule has 70 valence electrons. The van der Waals surface area contributed by atoms with Crippen molar-refractivity contribution in [3.05, 3.63) is 24.3 Å². The summed E-state index contributed by atoms with van der Waals surface area (Å²) in [4.78, 5) is 2.37. The molecule has 1 fully saturated rings. The summed E-state index contributed by atoms with van der Waals surface area (Å²) in [5, 5.41) is 0. The van der Waals surface area contributed by atoms with Crippen LogP contribution in [-0.4, -0.2) is 13.1 Å². The van der Waals surface area contributed by atoms with Crippen molar-refractivity contribution in [1.29, 1.82) is 0 Å². The number of nitrogen functional groups attached to an aromatic ring is 1. The first-order valence-electron chi connectivity index (χ1n) is 4.67. The Morgan fingerprint density at radius 1 is 1.15 bits per heavy atom. The molecule has 1 aliphatic rings. The molecule has 2 heteroatoms. The Morgan fingerprint density at radius 2 is 1.69 bits per heavy atom. The molecule has 0 aliphatic carbocycles. The molecule has 0 amide bonds. The van der Waals surface area contributed by atoms with Crippen LogP contribution >= 0.6 is 0 Å². The van der Waals surface area contributed by atoms with Gasteiger partial charge in [0.25, 0.3) is 0 Å². The second-order valence-electron chi connectivity index (χ2n) is 4.61. The second kappa shape index (κ2) is 2.66.